The summed E-state index contributed by atoms with van der Waals surface area (Å²) in [5.41, 5.74) is 6.68. The van der Waals surface area contributed by atoms with Crippen LogP contribution in [-0.4, -0.2) is 22.8 Å². The van der Waals surface area contributed by atoms with Crippen molar-refractivity contribution in [2.75, 3.05) is 0 Å². The number of aliphatic carboxylic acids is 1. The Balaban J connectivity index is 1.89. The molecule has 0 radical (unpaired) electrons. The fourth-order valence-electron chi connectivity index (χ4n) is 3.63. The molecule has 1 aromatic rings. The van der Waals surface area contributed by atoms with Crippen molar-refractivity contribution < 1.29 is 19.5 Å². The number of hydrogen-bond acceptors (Lipinski definition) is 3. The Morgan fingerprint density at radius 2 is 1.88 bits per heavy atom. The third-order valence-corrected chi connectivity index (χ3v) is 5.06. The standard InChI is InChI=1S/C21H27NO4/c22-21(26)18-9-6-5-7-15(18)11-12-16-13-14-19(23)17(16)8-3-1-2-4-10-20(24)25/h5-7,9,11-12,16-17H,1-4,8,10,13-14H2,(H2,22,26)(H,24,25). The van der Waals surface area contributed by atoms with Gasteiger partial charge in [-0.25, -0.2) is 0 Å². The molecule has 0 saturated heterocycles. The smallest absolute Gasteiger partial charge is 0.303 e. The molecule has 5 nitrogen and oxygen atoms in total. The van der Waals surface area contributed by atoms with E-state index >= 15 is 0 Å². The van der Waals surface area contributed by atoms with Crippen LogP contribution >= 0.6 is 0 Å². The van der Waals surface area contributed by atoms with Gasteiger partial charge in [0.25, 0.3) is 0 Å². The van der Waals surface area contributed by atoms with Crippen LogP contribution in [0.1, 0.15) is 67.3 Å². The van der Waals surface area contributed by atoms with Crippen LogP contribution < -0.4 is 5.73 Å². The average molecular weight is 357 g/mol. The molecule has 0 heterocycles. The fraction of sp³-hybridized carbons (Fsp3) is 0.476. The van der Waals surface area contributed by atoms with Gasteiger partial charge in [0, 0.05) is 24.3 Å². The summed E-state index contributed by atoms with van der Waals surface area (Å²) in [7, 11) is 0. The molecule has 1 fully saturated rings. The molecule has 0 bridgehead atoms. The molecule has 0 aromatic heterocycles. The Morgan fingerprint density at radius 1 is 1.15 bits per heavy atom. The average Bonchev–Trinajstić information content (AvgIpc) is 2.96. The summed E-state index contributed by atoms with van der Waals surface area (Å²) in [6, 6.07) is 7.20. The van der Waals surface area contributed by atoms with Crippen LogP contribution in [0.2, 0.25) is 0 Å². The number of rotatable bonds is 10. The van der Waals surface area contributed by atoms with E-state index in [0.717, 1.165) is 37.7 Å². The number of amides is 1. The minimum absolute atomic E-state index is 0.0338. The lowest BCUT2D eigenvalue weighted by atomic mass is 9.89. The number of Topliss-reactive ketones (excluding diaryl/α,β-unsaturated/α-hetero) is 1. The highest BCUT2D eigenvalue weighted by atomic mass is 16.4. The SMILES string of the molecule is NC(=O)c1ccccc1C=CC1CCC(=O)C1CCCCCCC(=O)O. The van der Waals surface area contributed by atoms with Gasteiger partial charge >= 0.3 is 5.97 Å². The summed E-state index contributed by atoms with van der Waals surface area (Å²) in [5.74, 6) is -0.662. The topological polar surface area (TPSA) is 97.5 Å². The predicted octanol–water partition coefficient (Wildman–Crippen LogP) is 3.82. The van der Waals surface area contributed by atoms with Gasteiger partial charge in [0.2, 0.25) is 5.91 Å². The zero-order valence-corrected chi connectivity index (χ0v) is 15.0. The molecule has 140 valence electrons. The molecular formula is C21H27NO4. The van der Waals surface area contributed by atoms with Gasteiger partial charge in [-0.3, -0.25) is 14.4 Å². The number of ketones is 1. The number of carboxylic acids is 1. The van der Waals surface area contributed by atoms with Crippen molar-refractivity contribution in [2.24, 2.45) is 17.6 Å². The van der Waals surface area contributed by atoms with Gasteiger partial charge in [-0.2, -0.15) is 0 Å². The van der Waals surface area contributed by atoms with E-state index in [0.29, 0.717) is 24.2 Å². The second-order valence-corrected chi connectivity index (χ2v) is 6.93. The number of benzene rings is 1. The lowest BCUT2D eigenvalue weighted by molar-refractivity contribution is -0.137. The van der Waals surface area contributed by atoms with Crippen LogP contribution in [-0.2, 0) is 9.59 Å². The molecule has 0 aliphatic heterocycles. The first kappa shape index (κ1) is 19.9. The lowest BCUT2D eigenvalue weighted by Crippen LogP contribution is -2.14. The molecule has 26 heavy (non-hydrogen) atoms. The lowest BCUT2D eigenvalue weighted by Gasteiger charge is -2.15. The molecular weight excluding hydrogens is 330 g/mol. The zero-order chi connectivity index (χ0) is 18.9. The van der Waals surface area contributed by atoms with Crippen molar-refractivity contribution in [3.8, 4) is 0 Å². The molecule has 1 saturated carbocycles. The molecule has 2 unspecified atom stereocenters. The maximum absolute atomic E-state index is 12.2. The van der Waals surface area contributed by atoms with E-state index in [1.807, 2.05) is 24.3 Å². The van der Waals surface area contributed by atoms with Crippen LogP contribution in [0, 0.1) is 11.8 Å². The Morgan fingerprint density at radius 3 is 2.62 bits per heavy atom. The van der Waals surface area contributed by atoms with Crippen LogP contribution in [0.3, 0.4) is 0 Å². The van der Waals surface area contributed by atoms with E-state index in [4.69, 9.17) is 10.8 Å². The maximum atomic E-state index is 12.2. The summed E-state index contributed by atoms with van der Waals surface area (Å²) >= 11 is 0. The molecule has 1 aromatic carbocycles. The third kappa shape index (κ3) is 5.83. The van der Waals surface area contributed by atoms with Crippen LogP contribution in [0.25, 0.3) is 6.08 Å². The van der Waals surface area contributed by atoms with Crippen molar-refractivity contribution in [3.05, 3.63) is 41.5 Å². The quantitative estimate of drug-likeness (QED) is 0.622. The second kappa shape index (κ2) is 9.90. The summed E-state index contributed by atoms with van der Waals surface area (Å²) < 4.78 is 0. The Hall–Kier alpha value is -2.43. The number of primary amides is 1. The van der Waals surface area contributed by atoms with Gasteiger partial charge in [0.1, 0.15) is 5.78 Å². The largest absolute Gasteiger partial charge is 0.481 e. The van der Waals surface area contributed by atoms with E-state index < -0.39 is 11.9 Å². The van der Waals surface area contributed by atoms with E-state index in [1.165, 1.54) is 0 Å². The van der Waals surface area contributed by atoms with Gasteiger partial charge in [-0.15, -0.1) is 0 Å². The zero-order valence-electron chi connectivity index (χ0n) is 15.0. The van der Waals surface area contributed by atoms with E-state index in [2.05, 4.69) is 0 Å². The minimum Gasteiger partial charge on any atom is -0.481 e. The van der Waals surface area contributed by atoms with Crippen LogP contribution in [0.15, 0.2) is 30.3 Å². The Kier molecular flexibility index (Phi) is 7.57. The number of carboxylic acid groups (broad SMARTS) is 1. The van der Waals surface area contributed by atoms with Crippen molar-refractivity contribution >= 4 is 23.7 Å². The summed E-state index contributed by atoms with van der Waals surface area (Å²) in [5, 5.41) is 8.64. The van der Waals surface area contributed by atoms with Crippen molar-refractivity contribution in [3.63, 3.8) is 0 Å². The van der Waals surface area contributed by atoms with Crippen LogP contribution in [0.4, 0.5) is 0 Å². The minimum atomic E-state index is -0.752. The molecule has 1 aliphatic carbocycles. The molecule has 5 heteroatoms. The van der Waals surface area contributed by atoms with Gasteiger partial charge < -0.3 is 10.8 Å². The summed E-state index contributed by atoms with van der Waals surface area (Å²) in [4.78, 5) is 34.2. The first-order chi connectivity index (χ1) is 12.5. The van der Waals surface area contributed by atoms with E-state index in [1.54, 1.807) is 12.1 Å². The molecule has 2 rings (SSSR count). The fourth-order valence-corrected chi connectivity index (χ4v) is 3.63. The molecule has 2 atom stereocenters. The number of unbranched alkanes of at least 4 members (excludes halogenated alkanes) is 3. The normalized spacial score (nSPS) is 19.9. The van der Waals surface area contributed by atoms with Crippen molar-refractivity contribution in [1.29, 1.82) is 0 Å². The summed E-state index contributed by atoms with van der Waals surface area (Å²) in [6.45, 7) is 0. The maximum Gasteiger partial charge on any atom is 0.303 e. The Bertz CT molecular complexity index is 680. The highest BCUT2D eigenvalue weighted by molar-refractivity contribution is 5.96. The highest BCUT2D eigenvalue weighted by Gasteiger charge is 2.32. The molecule has 3 N–H and O–H groups in total. The third-order valence-electron chi connectivity index (χ3n) is 5.06. The summed E-state index contributed by atoms with van der Waals surface area (Å²) in [6.07, 6.45) is 9.95. The molecule has 1 amide bonds. The van der Waals surface area contributed by atoms with Gasteiger partial charge in [0.05, 0.1) is 0 Å². The second-order valence-electron chi connectivity index (χ2n) is 6.93. The highest BCUT2D eigenvalue weighted by Crippen LogP contribution is 2.34. The number of carbonyl (C=O) groups excluding carboxylic acids is 2. The number of allylic oxidation sites excluding steroid dienone is 1. The van der Waals surface area contributed by atoms with Gasteiger partial charge in [0.15, 0.2) is 0 Å². The number of nitrogens with two attached hydrogens (primary N) is 1. The van der Waals surface area contributed by atoms with Crippen LogP contribution in [0.5, 0.6) is 0 Å². The first-order valence-electron chi connectivity index (χ1n) is 9.30. The molecule has 0 spiro atoms. The number of hydrogen-bond donors (Lipinski definition) is 2. The monoisotopic (exact) mass is 357 g/mol. The predicted molar refractivity (Wildman–Crippen MR) is 101 cm³/mol. The Labute approximate surface area is 154 Å². The van der Waals surface area contributed by atoms with Crippen molar-refractivity contribution in [2.45, 2.75) is 51.4 Å². The van der Waals surface area contributed by atoms with E-state index in [-0.39, 0.29) is 18.3 Å². The molecule has 1 aliphatic rings. The van der Waals surface area contributed by atoms with E-state index in [9.17, 15) is 14.4 Å². The van der Waals surface area contributed by atoms with Gasteiger partial charge in [-0.1, -0.05) is 49.6 Å². The number of carbonyl (C=O) groups is 3. The van der Waals surface area contributed by atoms with Gasteiger partial charge in [-0.05, 0) is 36.8 Å². The first-order valence-corrected chi connectivity index (χ1v) is 9.30. The van der Waals surface area contributed by atoms with Crippen molar-refractivity contribution in [1.82, 2.24) is 0 Å².